The maximum absolute atomic E-state index is 13.0. The highest BCUT2D eigenvalue weighted by Crippen LogP contribution is 2.58. The third-order valence-electron chi connectivity index (χ3n) is 5.34. The van der Waals surface area contributed by atoms with Crippen LogP contribution < -0.4 is 14.2 Å². The molecule has 0 saturated carbocycles. The molecule has 1 aliphatic rings. The number of esters is 4. The van der Waals surface area contributed by atoms with E-state index in [0.29, 0.717) is 0 Å². The van der Waals surface area contributed by atoms with Crippen molar-refractivity contribution in [1.82, 2.24) is 0 Å². The minimum absolute atomic E-state index is 0.00560. The van der Waals surface area contributed by atoms with E-state index in [0.717, 1.165) is 35.5 Å². The average Bonchev–Trinajstić information content (AvgIpc) is 3.20. The second-order valence-corrected chi connectivity index (χ2v) is 6.75. The van der Waals surface area contributed by atoms with Crippen molar-refractivity contribution in [3.05, 3.63) is 17.2 Å². The Morgan fingerprint density at radius 2 is 1.61 bits per heavy atom. The van der Waals surface area contributed by atoms with E-state index in [1.807, 2.05) is 0 Å². The maximum Gasteiger partial charge on any atom is 0.380 e. The molecule has 1 unspecified atom stereocenters. The van der Waals surface area contributed by atoms with Gasteiger partial charge in [0.2, 0.25) is 5.75 Å². The van der Waals surface area contributed by atoms with E-state index in [2.05, 4.69) is 0 Å². The van der Waals surface area contributed by atoms with E-state index in [1.54, 1.807) is 0 Å². The van der Waals surface area contributed by atoms with Gasteiger partial charge in [0.15, 0.2) is 11.5 Å². The molecule has 1 aliphatic heterocycles. The maximum atomic E-state index is 13.0. The van der Waals surface area contributed by atoms with Crippen LogP contribution >= 0.6 is 0 Å². The molecule has 0 radical (unpaired) electrons. The van der Waals surface area contributed by atoms with Gasteiger partial charge in [0.25, 0.3) is 0 Å². The van der Waals surface area contributed by atoms with Gasteiger partial charge < -0.3 is 37.9 Å². The molecule has 12 heteroatoms. The summed E-state index contributed by atoms with van der Waals surface area (Å²) in [5.74, 6) is -8.70. The first-order valence-electron chi connectivity index (χ1n) is 9.55. The van der Waals surface area contributed by atoms with Crippen LogP contribution in [-0.2, 0) is 38.1 Å². The molecule has 0 spiro atoms. The van der Waals surface area contributed by atoms with Crippen molar-refractivity contribution in [3.63, 3.8) is 0 Å². The summed E-state index contributed by atoms with van der Waals surface area (Å²) in [5, 5.41) is 0. The lowest BCUT2D eigenvalue weighted by atomic mass is 9.77. The quantitative estimate of drug-likeness (QED) is 0.373. The summed E-state index contributed by atoms with van der Waals surface area (Å²) in [4.78, 5) is 50.7. The average molecular weight is 470 g/mol. The standard InChI is InChI=1S/C21H26O12/c1-26-12-8-10(18(23)29-4)14-15(11(19(24)30-5)9-13(22)27-2)21(32-7,20(25)31-6)33-17(14)16(12)28-3/h8,11,15H,9H2,1-7H3/t11?,15-,21-/m0/s1. The van der Waals surface area contributed by atoms with Gasteiger partial charge in [0.05, 0.1) is 66.5 Å². The smallest absolute Gasteiger partial charge is 0.380 e. The lowest BCUT2D eigenvalue weighted by Gasteiger charge is -2.33. The van der Waals surface area contributed by atoms with E-state index in [4.69, 9.17) is 37.9 Å². The molecule has 12 nitrogen and oxygen atoms in total. The van der Waals surface area contributed by atoms with Crippen LogP contribution in [0.3, 0.4) is 0 Å². The highest BCUT2D eigenvalue weighted by Gasteiger charge is 2.63. The summed E-state index contributed by atoms with van der Waals surface area (Å²) in [6, 6.07) is 1.30. The Bertz CT molecular complexity index is 940. The minimum Gasteiger partial charge on any atom is -0.493 e. The van der Waals surface area contributed by atoms with Gasteiger partial charge in [0, 0.05) is 12.7 Å². The number of rotatable bonds is 9. The highest BCUT2D eigenvalue weighted by atomic mass is 16.7. The molecule has 0 aromatic heterocycles. The monoisotopic (exact) mass is 470 g/mol. The summed E-state index contributed by atoms with van der Waals surface area (Å²) < 4.78 is 41.5. The zero-order valence-corrected chi connectivity index (χ0v) is 19.3. The van der Waals surface area contributed by atoms with E-state index in [1.165, 1.54) is 20.3 Å². The molecule has 0 amide bonds. The normalized spacial score (nSPS) is 19.4. The third-order valence-corrected chi connectivity index (χ3v) is 5.34. The molecule has 1 aromatic carbocycles. The molecule has 3 atom stereocenters. The Morgan fingerprint density at radius 1 is 0.939 bits per heavy atom. The Balaban J connectivity index is 3.00. The van der Waals surface area contributed by atoms with E-state index < -0.39 is 47.9 Å². The van der Waals surface area contributed by atoms with Crippen molar-refractivity contribution >= 4 is 23.9 Å². The zero-order chi connectivity index (χ0) is 24.9. The number of benzene rings is 1. The molecule has 0 fully saturated rings. The fraction of sp³-hybridized carbons (Fsp3) is 0.524. The summed E-state index contributed by atoms with van der Waals surface area (Å²) in [5.41, 5.74) is -0.109. The van der Waals surface area contributed by atoms with Gasteiger partial charge in [-0.15, -0.1) is 0 Å². The molecule has 0 bridgehead atoms. The van der Waals surface area contributed by atoms with Crippen LogP contribution in [0, 0.1) is 5.92 Å². The number of ether oxygens (including phenoxy) is 8. The van der Waals surface area contributed by atoms with Gasteiger partial charge in [-0.2, -0.15) is 0 Å². The number of carbonyl (C=O) groups excluding carboxylic acids is 4. The van der Waals surface area contributed by atoms with Crippen molar-refractivity contribution in [2.75, 3.05) is 49.8 Å². The van der Waals surface area contributed by atoms with Gasteiger partial charge >= 0.3 is 29.7 Å². The van der Waals surface area contributed by atoms with Crippen LogP contribution in [-0.4, -0.2) is 79.4 Å². The summed E-state index contributed by atoms with van der Waals surface area (Å²) in [7, 11) is 8.25. The molecule has 2 rings (SSSR count). The Labute approximate surface area is 189 Å². The Morgan fingerprint density at radius 3 is 2.06 bits per heavy atom. The van der Waals surface area contributed by atoms with E-state index >= 15 is 0 Å². The molecule has 0 aliphatic carbocycles. The predicted molar refractivity (Wildman–Crippen MR) is 108 cm³/mol. The second kappa shape index (κ2) is 10.4. The number of fused-ring (bicyclic) bond motifs is 1. The van der Waals surface area contributed by atoms with Crippen LogP contribution in [0.5, 0.6) is 17.2 Å². The van der Waals surface area contributed by atoms with Crippen LogP contribution in [0.2, 0.25) is 0 Å². The lowest BCUT2D eigenvalue weighted by molar-refractivity contribution is -0.213. The van der Waals surface area contributed by atoms with Crippen molar-refractivity contribution in [3.8, 4) is 17.2 Å². The summed E-state index contributed by atoms with van der Waals surface area (Å²) in [6.07, 6.45) is -0.534. The molecular weight excluding hydrogens is 444 g/mol. The molecular formula is C21H26O12. The van der Waals surface area contributed by atoms with Gasteiger partial charge in [-0.25, -0.2) is 9.59 Å². The predicted octanol–water partition coefficient (Wildman–Crippen LogP) is 0.834. The third kappa shape index (κ3) is 4.25. The zero-order valence-electron chi connectivity index (χ0n) is 19.3. The SMILES string of the molecule is COC(=O)CC(C(=O)OC)[C@H]1c2c(C(=O)OC)cc(OC)c(OC)c2O[C@]1(OC)C(=O)OC. The van der Waals surface area contributed by atoms with Gasteiger partial charge in [-0.05, 0) is 6.07 Å². The fourth-order valence-electron chi connectivity index (χ4n) is 3.85. The molecule has 33 heavy (non-hydrogen) atoms. The van der Waals surface area contributed by atoms with Crippen LogP contribution in [0.4, 0.5) is 0 Å². The number of methoxy groups -OCH3 is 7. The minimum atomic E-state index is -2.30. The van der Waals surface area contributed by atoms with Crippen molar-refractivity contribution in [2.24, 2.45) is 5.92 Å². The topological polar surface area (TPSA) is 142 Å². The van der Waals surface area contributed by atoms with E-state index in [-0.39, 0.29) is 28.4 Å². The van der Waals surface area contributed by atoms with Gasteiger partial charge in [0.1, 0.15) is 0 Å². The van der Waals surface area contributed by atoms with Crippen LogP contribution in [0.25, 0.3) is 0 Å². The van der Waals surface area contributed by atoms with Crippen molar-refractivity contribution in [2.45, 2.75) is 18.1 Å². The first kappa shape index (κ1) is 25.7. The van der Waals surface area contributed by atoms with E-state index in [9.17, 15) is 19.2 Å². The Hall–Kier alpha value is -3.54. The summed E-state index contributed by atoms with van der Waals surface area (Å²) in [6.45, 7) is 0. The Kier molecular flexibility index (Phi) is 8.09. The lowest BCUT2D eigenvalue weighted by Crippen LogP contribution is -2.52. The summed E-state index contributed by atoms with van der Waals surface area (Å²) >= 11 is 0. The fourth-order valence-corrected chi connectivity index (χ4v) is 3.85. The highest BCUT2D eigenvalue weighted by molar-refractivity contribution is 5.96. The molecule has 1 heterocycles. The van der Waals surface area contributed by atoms with Gasteiger partial charge in [-0.3, -0.25) is 9.59 Å². The largest absolute Gasteiger partial charge is 0.493 e. The van der Waals surface area contributed by atoms with Crippen molar-refractivity contribution < 1.29 is 57.1 Å². The number of hydrogen-bond donors (Lipinski definition) is 0. The number of carbonyl (C=O) groups is 4. The second-order valence-electron chi connectivity index (χ2n) is 6.75. The molecule has 182 valence electrons. The van der Waals surface area contributed by atoms with Crippen LogP contribution in [0.1, 0.15) is 28.3 Å². The van der Waals surface area contributed by atoms with Crippen LogP contribution in [0.15, 0.2) is 6.07 Å². The first-order chi connectivity index (χ1) is 15.7. The molecule has 0 N–H and O–H groups in total. The first-order valence-corrected chi connectivity index (χ1v) is 9.55. The molecule has 0 saturated heterocycles. The van der Waals surface area contributed by atoms with Gasteiger partial charge in [-0.1, -0.05) is 0 Å². The molecule has 1 aromatic rings. The van der Waals surface area contributed by atoms with Crippen molar-refractivity contribution in [1.29, 1.82) is 0 Å². The number of hydrogen-bond acceptors (Lipinski definition) is 12.